The molecule has 0 amide bonds. The Morgan fingerprint density at radius 1 is 1.10 bits per heavy atom. The van der Waals surface area contributed by atoms with Gasteiger partial charge in [-0.15, -0.1) is 0 Å². The molecule has 21 heavy (non-hydrogen) atoms. The number of para-hydroxylation sites is 1. The maximum atomic E-state index is 11.7. The molecular formula is C15H21O5S-. The first kappa shape index (κ1) is 17.7. The molecule has 0 radical (unpaired) electrons. The van der Waals surface area contributed by atoms with Gasteiger partial charge in [-0.25, -0.2) is 8.42 Å². The average Bonchev–Trinajstić information content (AvgIpc) is 2.42. The lowest BCUT2D eigenvalue weighted by Crippen LogP contribution is -2.11. The lowest BCUT2D eigenvalue weighted by Gasteiger charge is -2.12. The summed E-state index contributed by atoms with van der Waals surface area (Å²) in [6, 6.07) is 5.37. The van der Waals surface area contributed by atoms with Crippen molar-refractivity contribution < 1.29 is 22.5 Å². The Morgan fingerprint density at radius 2 is 1.71 bits per heavy atom. The molecule has 0 spiro atoms. The number of rotatable bonds is 9. The third-order valence-electron chi connectivity index (χ3n) is 3.08. The Hall–Kier alpha value is -1.40. The van der Waals surface area contributed by atoms with Crippen LogP contribution in [0.15, 0.2) is 29.2 Å². The van der Waals surface area contributed by atoms with Gasteiger partial charge in [0.25, 0.3) is 0 Å². The van der Waals surface area contributed by atoms with Crippen molar-refractivity contribution in [3.63, 3.8) is 0 Å². The first-order chi connectivity index (χ1) is 9.95. The normalized spacial score (nSPS) is 11.3. The summed E-state index contributed by atoms with van der Waals surface area (Å²) in [4.78, 5) is 11.2. The quantitative estimate of drug-likeness (QED) is 0.302. The monoisotopic (exact) mass is 313 g/mol. The predicted octanol–water partition coefficient (Wildman–Crippen LogP) is 3.25. The molecule has 0 aliphatic carbocycles. The topological polar surface area (TPSA) is 83.5 Å². The number of esters is 1. The molecule has 0 N–H and O–H groups in total. The van der Waals surface area contributed by atoms with Crippen LogP contribution in [-0.4, -0.2) is 18.9 Å². The Morgan fingerprint density at radius 3 is 2.38 bits per heavy atom. The molecule has 0 unspecified atom stereocenters. The van der Waals surface area contributed by atoms with Crippen LogP contribution < -0.4 is 4.74 Å². The number of hydrogen-bond donors (Lipinski definition) is 0. The summed E-state index contributed by atoms with van der Waals surface area (Å²) in [6.45, 7) is 2.14. The summed E-state index contributed by atoms with van der Waals surface area (Å²) in [5.41, 5.74) is 0. The van der Waals surface area contributed by atoms with Gasteiger partial charge in [0, 0.05) is 6.42 Å². The zero-order valence-electron chi connectivity index (χ0n) is 12.2. The number of unbranched alkanes of at least 4 members (excludes halogenated alkanes) is 5. The van der Waals surface area contributed by atoms with E-state index in [0.29, 0.717) is 6.42 Å². The van der Waals surface area contributed by atoms with Gasteiger partial charge in [0.15, 0.2) is 0 Å². The van der Waals surface area contributed by atoms with E-state index in [1.54, 1.807) is 0 Å². The van der Waals surface area contributed by atoms with Gasteiger partial charge in [0.05, 0.1) is 4.90 Å². The van der Waals surface area contributed by atoms with Gasteiger partial charge in [-0.05, 0) is 18.6 Å². The molecule has 0 aliphatic heterocycles. The average molecular weight is 313 g/mol. The fourth-order valence-corrected chi connectivity index (χ4v) is 2.57. The van der Waals surface area contributed by atoms with Gasteiger partial charge in [0.1, 0.15) is 15.9 Å². The zero-order chi connectivity index (χ0) is 15.7. The van der Waals surface area contributed by atoms with Gasteiger partial charge >= 0.3 is 5.97 Å². The molecule has 0 saturated carbocycles. The summed E-state index contributed by atoms with van der Waals surface area (Å²) in [7, 11) is -4.64. The minimum absolute atomic E-state index is 0.191. The van der Waals surface area contributed by atoms with E-state index in [9.17, 15) is 17.8 Å². The molecule has 0 fully saturated rings. The molecule has 0 heterocycles. The highest BCUT2D eigenvalue weighted by Gasteiger charge is 2.12. The minimum atomic E-state index is -4.64. The first-order valence-electron chi connectivity index (χ1n) is 7.20. The molecule has 1 aromatic carbocycles. The van der Waals surface area contributed by atoms with Crippen LogP contribution in [0.5, 0.6) is 5.75 Å². The molecule has 0 saturated heterocycles. The van der Waals surface area contributed by atoms with Crippen molar-refractivity contribution in [3.8, 4) is 5.75 Å². The van der Waals surface area contributed by atoms with Crippen LogP contribution in [0.1, 0.15) is 51.9 Å². The van der Waals surface area contributed by atoms with E-state index in [4.69, 9.17) is 4.74 Å². The van der Waals surface area contributed by atoms with Gasteiger partial charge in [0.2, 0.25) is 0 Å². The Balaban J connectivity index is 2.45. The van der Waals surface area contributed by atoms with Crippen LogP contribution in [0.25, 0.3) is 0 Å². The molecule has 1 rings (SSSR count). The zero-order valence-corrected chi connectivity index (χ0v) is 13.0. The van der Waals surface area contributed by atoms with Gasteiger partial charge in [-0.3, -0.25) is 4.79 Å². The van der Waals surface area contributed by atoms with Crippen molar-refractivity contribution in [2.75, 3.05) is 0 Å². The third kappa shape index (κ3) is 6.73. The highest BCUT2D eigenvalue weighted by Crippen LogP contribution is 2.23. The summed E-state index contributed by atoms with van der Waals surface area (Å²) in [6.07, 6.45) is 6.46. The van der Waals surface area contributed by atoms with Crippen molar-refractivity contribution in [2.24, 2.45) is 0 Å². The number of benzene rings is 1. The van der Waals surface area contributed by atoms with Crippen molar-refractivity contribution >= 4 is 16.1 Å². The van der Waals surface area contributed by atoms with Gasteiger partial charge in [-0.1, -0.05) is 51.2 Å². The van der Waals surface area contributed by atoms with E-state index in [-0.39, 0.29) is 12.2 Å². The molecule has 6 heteroatoms. The number of carbonyl (C=O) groups is 1. The summed E-state index contributed by atoms with van der Waals surface area (Å²) in [5.74, 6) is -0.704. The molecular weight excluding hydrogens is 292 g/mol. The largest absolute Gasteiger partial charge is 0.744 e. The van der Waals surface area contributed by atoms with Crippen molar-refractivity contribution in [1.82, 2.24) is 0 Å². The summed E-state index contributed by atoms with van der Waals surface area (Å²) >= 11 is 0. The smallest absolute Gasteiger partial charge is 0.311 e. The minimum Gasteiger partial charge on any atom is -0.744 e. The fraction of sp³-hybridized carbons (Fsp3) is 0.533. The number of hydrogen-bond acceptors (Lipinski definition) is 5. The van der Waals surface area contributed by atoms with Crippen LogP contribution in [0.2, 0.25) is 0 Å². The number of carbonyl (C=O) groups excluding carboxylic acids is 1. The van der Waals surface area contributed by atoms with Crippen LogP contribution >= 0.6 is 0 Å². The van der Waals surface area contributed by atoms with E-state index >= 15 is 0 Å². The Bertz CT molecular complexity index is 551. The molecule has 118 valence electrons. The fourth-order valence-electron chi connectivity index (χ4n) is 1.96. The maximum Gasteiger partial charge on any atom is 0.311 e. The SMILES string of the molecule is CCCCCCCCC(=O)Oc1ccccc1S(=O)(=O)[O-]. The Labute approximate surface area is 126 Å². The van der Waals surface area contributed by atoms with Crippen molar-refractivity contribution in [2.45, 2.75) is 56.8 Å². The van der Waals surface area contributed by atoms with Gasteiger partial charge < -0.3 is 9.29 Å². The standard InChI is InChI=1S/C15H22O5S/c1-2-3-4-5-6-7-12-15(16)20-13-10-8-9-11-14(13)21(17,18)19/h8-11H,2-7,12H2,1H3,(H,17,18,19)/p-1. The first-order valence-corrected chi connectivity index (χ1v) is 8.61. The second-order valence-electron chi connectivity index (χ2n) is 4.89. The predicted molar refractivity (Wildman–Crippen MR) is 78.0 cm³/mol. The second kappa shape index (κ2) is 8.79. The van der Waals surface area contributed by atoms with E-state index in [1.165, 1.54) is 31.0 Å². The molecule has 1 aromatic rings. The summed E-state index contributed by atoms with van der Waals surface area (Å²) < 4.78 is 38.1. The van der Waals surface area contributed by atoms with Crippen molar-refractivity contribution in [3.05, 3.63) is 24.3 Å². The third-order valence-corrected chi connectivity index (χ3v) is 3.95. The van der Waals surface area contributed by atoms with Crippen LogP contribution in [0, 0.1) is 0 Å². The van der Waals surface area contributed by atoms with Crippen LogP contribution in [-0.2, 0) is 14.9 Å². The van der Waals surface area contributed by atoms with E-state index in [2.05, 4.69) is 6.92 Å². The second-order valence-corrected chi connectivity index (χ2v) is 6.24. The van der Waals surface area contributed by atoms with Crippen molar-refractivity contribution in [1.29, 1.82) is 0 Å². The van der Waals surface area contributed by atoms with Gasteiger partial charge in [-0.2, -0.15) is 0 Å². The lowest BCUT2D eigenvalue weighted by molar-refractivity contribution is -0.134. The lowest BCUT2D eigenvalue weighted by atomic mass is 10.1. The van der Waals surface area contributed by atoms with E-state index in [1.807, 2.05) is 0 Å². The molecule has 0 aromatic heterocycles. The highest BCUT2D eigenvalue weighted by atomic mass is 32.2. The Kier molecular flexibility index (Phi) is 7.39. The molecule has 0 atom stereocenters. The molecule has 0 aliphatic rings. The highest BCUT2D eigenvalue weighted by molar-refractivity contribution is 7.85. The van der Waals surface area contributed by atoms with Crippen LogP contribution in [0.4, 0.5) is 0 Å². The molecule has 5 nitrogen and oxygen atoms in total. The van der Waals surface area contributed by atoms with E-state index < -0.39 is 21.0 Å². The summed E-state index contributed by atoms with van der Waals surface area (Å²) in [5, 5.41) is 0. The van der Waals surface area contributed by atoms with E-state index in [0.717, 1.165) is 25.3 Å². The molecule has 0 bridgehead atoms. The number of ether oxygens (including phenoxy) is 1. The maximum absolute atomic E-state index is 11.7. The van der Waals surface area contributed by atoms with Crippen LogP contribution in [0.3, 0.4) is 0 Å².